The number of alkyl halides is 1. The fourth-order valence-electron chi connectivity index (χ4n) is 2.07. The molecular formula is C10H13BrClN3O3. The van der Waals surface area contributed by atoms with Crippen LogP contribution >= 0.6 is 27.5 Å². The Morgan fingerprint density at radius 3 is 2.78 bits per heavy atom. The van der Waals surface area contributed by atoms with Crippen molar-refractivity contribution in [1.82, 2.24) is 9.78 Å². The predicted molar refractivity (Wildman–Crippen MR) is 70.2 cm³/mol. The highest BCUT2D eigenvalue weighted by atomic mass is 79.9. The third kappa shape index (κ3) is 2.84. The van der Waals surface area contributed by atoms with Crippen LogP contribution in [0.2, 0.25) is 5.02 Å². The number of hydrogen-bond acceptors (Lipinski definition) is 4. The highest BCUT2D eigenvalue weighted by Crippen LogP contribution is 2.35. The van der Waals surface area contributed by atoms with Crippen LogP contribution in [0.3, 0.4) is 0 Å². The summed E-state index contributed by atoms with van der Waals surface area (Å²) in [6.07, 6.45) is 3.33. The average Bonchev–Trinajstić information content (AvgIpc) is 2.71. The molecule has 100 valence electrons. The number of nitrogens with zero attached hydrogens (tertiary/aromatic N) is 3. The molecule has 0 radical (unpaired) electrons. The van der Waals surface area contributed by atoms with Gasteiger partial charge in [0.05, 0.1) is 17.8 Å². The maximum Gasteiger partial charge on any atom is 0.408 e. The van der Waals surface area contributed by atoms with Gasteiger partial charge in [-0.3, -0.25) is 0 Å². The van der Waals surface area contributed by atoms with Gasteiger partial charge in [-0.2, -0.15) is 4.68 Å². The van der Waals surface area contributed by atoms with E-state index in [1.54, 1.807) is 4.68 Å². The number of halogens is 2. The Morgan fingerprint density at radius 1 is 1.61 bits per heavy atom. The van der Waals surface area contributed by atoms with E-state index in [0.717, 1.165) is 18.2 Å². The molecule has 0 bridgehead atoms. The molecule has 1 aliphatic heterocycles. The summed E-state index contributed by atoms with van der Waals surface area (Å²) in [5.41, 5.74) is 0.0292. The molecule has 1 aliphatic rings. The lowest BCUT2D eigenvalue weighted by molar-refractivity contribution is -0.389. The highest BCUT2D eigenvalue weighted by molar-refractivity contribution is 9.09. The van der Waals surface area contributed by atoms with E-state index in [1.165, 1.54) is 6.20 Å². The second-order valence-electron chi connectivity index (χ2n) is 4.50. The molecule has 8 heteroatoms. The second-order valence-corrected chi connectivity index (χ2v) is 5.47. The molecule has 0 saturated carbocycles. The standard InChI is InChI=1S/C10H13BrClN3O3/c11-6-10(1-3-18-4-2-10)7-14-5-8(12)9(13-14)15(16)17/h5H,1-4,6-7H2. The molecule has 2 heterocycles. The third-order valence-electron chi connectivity index (χ3n) is 3.21. The molecule has 1 aromatic heterocycles. The van der Waals surface area contributed by atoms with Crippen molar-refractivity contribution < 1.29 is 9.66 Å². The molecule has 0 spiro atoms. The maximum absolute atomic E-state index is 10.7. The predicted octanol–water partition coefficient (Wildman–Crippen LogP) is 2.64. The van der Waals surface area contributed by atoms with Crippen molar-refractivity contribution in [2.24, 2.45) is 5.41 Å². The van der Waals surface area contributed by atoms with Crippen molar-refractivity contribution in [3.8, 4) is 0 Å². The topological polar surface area (TPSA) is 70.2 Å². The molecule has 2 rings (SSSR count). The highest BCUT2D eigenvalue weighted by Gasteiger charge is 2.34. The van der Waals surface area contributed by atoms with Crippen LogP contribution in [0.4, 0.5) is 5.82 Å². The van der Waals surface area contributed by atoms with Gasteiger partial charge in [0.15, 0.2) is 5.02 Å². The molecule has 0 unspecified atom stereocenters. The van der Waals surface area contributed by atoms with Gasteiger partial charge in [-0.1, -0.05) is 27.5 Å². The molecule has 0 aliphatic carbocycles. The second kappa shape index (κ2) is 5.54. The van der Waals surface area contributed by atoms with E-state index in [1.807, 2.05) is 0 Å². The van der Waals surface area contributed by atoms with Gasteiger partial charge in [0.2, 0.25) is 0 Å². The lowest BCUT2D eigenvalue weighted by atomic mass is 9.82. The van der Waals surface area contributed by atoms with Crippen LogP contribution in [-0.4, -0.2) is 33.2 Å². The molecule has 0 amide bonds. The number of rotatable bonds is 4. The van der Waals surface area contributed by atoms with Crippen molar-refractivity contribution in [2.45, 2.75) is 19.4 Å². The zero-order valence-corrected chi connectivity index (χ0v) is 12.0. The van der Waals surface area contributed by atoms with Crippen molar-refractivity contribution in [1.29, 1.82) is 0 Å². The fourth-order valence-corrected chi connectivity index (χ4v) is 3.03. The largest absolute Gasteiger partial charge is 0.408 e. The maximum atomic E-state index is 10.7. The first-order valence-electron chi connectivity index (χ1n) is 5.57. The lowest BCUT2D eigenvalue weighted by Gasteiger charge is -2.34. The van der Waals surface area contributed by atoms with Crippen molar-refractivity contribution in [3.63, 3.8) is 0 Å². The molecule has 1 saturated heterocycles. The number of nitro groups is 1. The summed E-state index contributed by atoms with van der Waals surface area (Å²) < 4.78 is 6.91. The minimum atomic E-state index is -0.566. The van der Waals surface area contributed by atoms with Crippen LogP contribution in [0.5, 0.6) is 0 Å². The molecule has 1 aromatic rings. The van der Waals surface area contributed by atoms with Gasteiger partial charge in [0.1, 0.15) is 0 Å². The van der Waals surface area contributed by atoms with E-state index >= 15 is 0 Å². The van der Waals surface area contributed by atoms with Gasteiger partial charge in [0.25, 0.3) is 0 Å². The molecule has 0 atom stereocenters. The van der Waals surface area contributed by atoms with Crippen LogP contribution in [0.15, 0.2) is 6.20 Å². The Morgan fingerprint density at radius 2 is 2.28 bits per heavy atom. The van der Waals surface area contributed by atoms with Gasteiger partial charge in [-0.05, 0) is 17.8 Å². The Hall–Kier alpha value is -0.660. The van der Waals surface area contributed by atoms with Crippen LogP contribution in [0.25, 0.3) is 0 Å². The average molecular weight is 339 g/mol. The van der Waals surface area contributed by atoms with Gasteiger partial charge in [-0.25, -0.2) is 0 Å². The summed E-state index contributed by atoms with van der Waals surface area (Å²) in [6, 6.07) is 0. The molecule has 0 N–H and O–H groups in total. The minimum absolute atomic E-state index is 0.0292. The van der Waals surface area contributed by atoms with Gasteiger partial charge in [0, 0.05) is 24.0 Å². The molecule has 0 aromatic carbocycles. The lowest BCUT2D eigenvalue weighted by Crippen LogP contribution is -2.35. The summed E-state index contributed by atoms with van der Waals surface area (Å²) in [5, 5.41) is 15.5. The summed E-state index contributed by atoms with van der Waals surface area (Å²) in [6.45, 7) is 2.03. The third-order valence-corrected chi connectivity index (χ3v) is 4.66. The molecule has 18 heavy (non-hydrogen) atoms. The fraction of sp³-hybridized carbons (Fsp3) is 0.700. The summed E-state index contributed by atoms with van der Waals surface area (Å²) in [5.74, 6) is -0.284. The SMILES string of the molecule is O=[N+]([O-])c1nn(CC2(CBr)CCOCC2)cc1Cl. The minimum Gasteiger partial charge on any atom is -0.381 e. The van der Waals surface area contributed by atoms with Gasteiger partial charge >= 0.3 is 5.82 Å². The monoisotopic (exact) mass is 337 g/mol. The first kappa shape index (κ1) is 13.8. The van der Waals surface area contributed by atoms with E-state index in [-0.39, 0.29) is 16.3 Å². The zero-order chi connectivity index (χ0) is 13.2. The molecule has 6 nitrogen and oxygen atoms in total. The Bertz CT molecular complexity index is 446. The van der Waals surface area contributed by atoms with Crippen molar-refractivity contribution in [3.05, 3.63) is 21.3 Å². The summed E-state index contributed by atoms with van der Waals surface area (Å²) in [4.78, 5) is 10.1. The normalized spacial score (nSPS) is 18.8. The van der Waals surface area contributed by atoms with Crippen LogP contribution in [0, 0.1) is 15.5 Å². The number of ether oxygens (including phenoxy) is 1. The van der Waals surface area contributed by atoms with Gasteiger partial charge < -0.3 is 14.9 Å². The quantitative estimate of drug-likeness (QED) is 0.481. The molecular weight excluding hydrogens is 325 g/mol. The zero-order valence-electron chi connectivity index (χ0n) is 9.64. The molecule has 1 fully saturated rings. The first-order valence-corrected chi connectivity index (χ1v) is 7.07. The summed E-state index contributed by atoms with van der Waals surface area (Å²) in [7, 11) is 0. The number of hydrogen-bond donors (Lipinski definition) is 0. The van der Waals surface area contributed by atoms with E-state index in [2.05, 4.69) is 21.0 Å². The Balaban J connectivity index is 2.16. The van der Waals surface area contributed by atoms with Crippen LogP contribution in [-0.2, 0) is 11.3 Å². The van der Waals surface area contributed by atoms with Gasteiger partial charge in [-0.15, -0.1) is 0 Å². The van der Waals surface area contributed by atoms with Crippen LogP contribution < -0.4 is 0 Å². The Kier molecular flexibility index (Phi) is 4.24. The van der Waals surface area contributed by atoms with Crippen LogP contribution in [0.1, 0.15) is 12.8 Å². The van der Waals surface area contributed by atoms with Crippen molar-refractivity contribution >= 4 is 33.3 Å². The smallest absolute Gasteiger partial charge is 0.381 e. The van der Waals surface area contributed by atoms with E-state index < -0.39 is 4.92 Å². The van der Waals surface area contributed by atoms with E-state index in [9.17, 15) is 10.1 Å². The van der Waals surface area contributed by atoms with Crippen molar-refractivity contribution in [2.75, 3.05) is 18.5 Å². The van der Waals surface area contributed by atoms with E-state index in [0.29, 0.717) is 19.8 Å². The first-order chi connectivity index (χ1) is 8.56. The Labute approximate surface area is 118 Å². The number of aromatic nitrogens is 2. The summed E-state index contributed by atoms with van der Waals surface area (Å²) >= 11 is 9.30. The van der Waals surface area contributed by atoms with E-state index in [4.69, 9.17) is 16.3 Å².